The van der Waals surface area contributed by atoms with Crippen LogP contribution in [-0.4, -0.2) is 30.2 Å². The van der Waals surface area contributed by atoms with Gasteiger partial charge in [0.1, 0.15) is 5.82 Å². The predicted molar refractivity (Wildman–Crippen MR) is 62.2 cm³/mol. The third-order valence-electron chi connectivity index (χ3n) is 2.71. The number of aromatic nitrogens is 4. The Balaban J connectivity index is 2.63. The largest absolute Gasteiger partial charge is 0.476 e. The summed E-state index contributed by atoms with van der Waals surface area (Å²) in [5.74, 6) is 0.903. The van der Waals surface area contributed by atoms with Gasteiger partial charge >= 0.3 is 5.97 Å². The topological polar surface area (TPSA) is 72.4 Å². The van der Waals surface area contributed by atoms with Crippen molar-refractivity contribution in [3.63, 3.8) is 0 Å². The Morgan fingerprint density at radius 1 is 1.47 bits per heavy atom. The summed E-state index contributed by atoms with van der Waals surface area (Å²) in [7, 11) is 1.86. The maximum absolute atomic E-state index is 11.1. The second kappa shape index (κ2) is 3.87. The van der Waals surface area contributed by atoms with Crippen LogP contribution < -0.4 is 0 Å². The standard InChI is InChI=1S/C11H16N4O2/c1-6(2)5-8-13-15-9(10(16)17)7(3)12-11(15)14(8)4/h6H,5H2,1-4H3,(H,16,17). The lowest BCUT2D eigenvalue weighted by atomic mass is 10.1. The van der Waals surface area contributed by atoms with E-state index < -0.39 is 5.97 Å². The van der Waals surface area contributed by atoms with Crippen LogP contribution in [-0.2, 0) is 13.5 Å². The molecule has 0 aliphatic carbocycles. The van der Waals surface area contributed by atoms with E-state index in [-0.39, 0.29) is 5.69 Å². The van der Waals surface area contributed by atoms with Crippen LogP contribution in [0.4, 0.5) is 0 Å². The van der Waals surface area contributed by atoms with Crippen LogP contribution in [0.3, 0.4) is 0 Å². The lowest BCUT2D eigenvalue weighted by Crippen LogP contribution is -2.06. The van der Waals surface area contributed by atoms with Gasteiger partial charge < -0.3 is 5.11 Å². The van der Waals surface area contributed by atoms with E-state index in [4.69, 9.17) is 5.11 Å². The fourth-order valence-corrected chi connectivity index (χ4v) is 1.90. The molecule has 92 valence electrons. The van der Waals surface area contributed by atoms with Crippen molar-refractivity contribution in [2.45, 2.75) is 27.2 Å². The van der Waals surface area contributed by atoms with Crippen molar-refractivity contribution >= 4 is 11.7 Å². The number of imidazole rings is 1. The first kappa shape index (κ1) is 11.6. The van der Waals surface area contributed by atoms with Gasteiger partial charge in [-0.05, 0) is 12.8 Å². The molecule has 0 aromatic carbocycles. The fraction of sp³-hybridized carbons (Fsp3) is 0.545. The van der Waals surface area contributed by atoms with Crippen molar-refractivity contribution in [2.75, 3.05) is 0 Å². The zero-order valence-electron chi connectivity index (χ0n) is 10.4. The summed E-state index contributed by atoms with van der Waals surface area (Å²) in [5, 5.41) is 13.5. The fourth-order valence-electron chi connectivity index (χ4n) is 1.90. The maximum atomic E-state index is 11.1. The number of carbonyl (C=O) groups is 1. The van der Waals surface area contributed by atoms with E-state index in [2.05, 4.69) is 23.9 Å². The Labute approximate surface area is 98.9 Å². The SMILES string of the molecule is Cc1nc2n(C)c(CC(C)C)nn2c1C(=O)O. The van der Waals surface area contributed by atoms with Gasteiger partial charge in [0, 0.05) is 13.5 Å². The number of aromatic carboxylic acids is 1. The van der Waals surface area contributed by atoms with Crippen LogP contribution in [0.2, 0.25) is 0 Å². The third-order valence-corrected chi connectivity index (χ3v) is 2.71. The van der Waals surface area contributed by atoms with Crippen LogP contribution in [0.5, 0.6) is 0 Å². The number of hydrogen-bond donors (Lipinski definition) is 1. The molecule has 2 rings (SSSR count). The molecule has 0 spiro atoms. The molecular weight excluding hydrogens is 220 g/mol. The molecule has 2 heterocycles. The predicted octanol–water partition coefficient (Wildman–Crippen LogP) is 1.27. The van der Waals surface area contributed by atoms with Crippen molar-refractivity contribution in [1.29, 1.82) is 0 Å². The third kappa shape index (κ3) is 1.79. The van der Waals surface area contributed by atoms with E-state index in [0.29, 0.717) is 17.4 Å². The molecule has 17 heavy (non-hydrogen) atoms. The van der Waals surface area contributed by atoms with Crippen molar-refractivity contribution in [3.05, 3.63) is 17.2 Å². The summed E-state index contributed by atoms with van der Waals surface area (Å²) in [5.41, 5.74) is 0.636. The Kier molecular flexibility index (Phi) is 2.65. The minimum absolute atomic E-state index is 0.144. The summed E-state index contributed by atoms with van der Waals surface area (Å²) < 4.78 is 3.26. The van der Waals surface area contributed by atoms with Crippen molar-refractivity contribution in [1.82, 2.24) is 19.2 Å². The van der Waals surface area contributed by atoms with Gasteiger partial charge in [0.05, 0.1) is 5.69 Å². The molecule has 2 aromatic heterocycles. The van der Waals surface area contributed by atoms with Crippen molar-refractivity contribution in [3.8, 4) is 0 Å². The summed E-state index contributed by atoms with van der Waals surface area (Å²) in [6, 6.07) is 0. The van der Waals surface area contributed by atoms with Gasteiger partial charge in [0.15, 0.2) is 5.69 Å². The lowest BCUT2D eigenvalue weighted by molar-refractivity contribution is 0.0687. The highest BCUT2D eigenvalue weighted by Gasteiger charge is 2.21. The summed E-state index contributed by atoms with van der Waals surface area (Å²) in [4.78, 5) is 15.4. The Hall–Kier alpha value is -1.85. The van der Waals surface area contributed by atoms with Crippen LogP contribution in [0.15, 0.2) is 0 Å². The van der Waals surface area contributed by atoms with E-state index in [1.54, 1.807) is 6.92 Å². The van der Waals surface area contributed by atoms with Gasteiger partial charge in [0.25, 0.3) is 0 Å². The molecule has 0 saturated carbocycles. The van der Waals surface area contributed by atoms with E-state index in [1.807, 2.05) is 11.6 Å². The summed E-state index contributed by atoms with van der Waals surface area (Å²) in [6.45, 7) is 5.88. The molecule has 6 nitrogen and oxygen atoms in total. The number of hydrogen-bond acceptors (Lipinski definition) is 3. The first-order chi connectivity index (χ1) is 7.91. The number of rotatable bonds is 3. The number of carboxylic acid groups (broad SMARTS) is 1. The van der Waals surface area contributed by atoms with E-state index in [9.17, 15) is 4.79 Å². The Morgan fingerprint density at radius 3 is 2.65 bits per heavy atom. The zero-order chi connectivity index (χ0) is 12.7. The first-order valence-electron chi connectivity index (χ1n) is 5.56. The molecule has 0 unspecified atom stereocenters. The monoisotopic (exact) mass is 236 g/mol. The number of carboxylic acids is 1. The molecule has 0 saturated heterocycles. The molecule has 0 aliphatic rings. The van der Waals surface area contributed by atoms with Crippen LogP contribution in [0.1, 0.15) is 35.9 Å². The highest BCUT2D eigenvalue weighted by molar-refractivity contribution is 5.87. The second-order valence-electron chi connectivity index (χ2n) is 4.64. The smallest absolute Gasteiger partial charge is 0.356 e. The van der Waals surface area contributed by atoms with Crippen LogP contribution >= 0.6 is 0 Å². The van der Waals surface area contributed by atoms with Crippen molar-refractivity contribution in [2.24, 2.45) is 13.0 Å². The van der Waals surface area contributed by atoms with Gasteiger partial charge in [-0.2, -0.15) is 9.61 Å². The molecule has 0 bridgehead atoms. The molecule has 0 fully saturated rings. The van der Waals surface area contributed by atoms with Crippen LogP contribution in [0.25, 0.3) is 5.78 Å². The molecule has 0 radical (unpaired) electrons. The lowest BCUT2D eigenvalue weighted by Gasteiger charge is -2.02. The number of nitrogens with zero attached hydrogens (tertiary/aromatic N) is 4. The number of fused-ring (bicyclic) bond motifs is 1. The first-order valence-corrected chi connectivity index (χ1v) is 5.56. The van der Waals surface area contributed by atoms with E-state index in [1.165, 1.54) is 4.52 Å². The highest BCUT2D eigenvalue weighted by Crippen LogP contribution is 2.14. The van der Waals surface area contributed by atoms with Gasteiger partial charge in [-0.3, -0.25) is 4.57 Å². The van der Waals surface area contributed by atoms with Gasteiger partial charge in [-0.25, -0.2) is 9.78 Å². The molecule has 2 aromatic rings. The number of aryl methyl sites for hydroxylation is 2. The second-order valence-corrected chi connectivity index (χ2v) is 4.64. The molecule has 0 amide bonds. The normalized spacial score (nSPS) is 11.6. The van der Waals surface area contributed by atoms with Crippen molar-refractivity contribution < 1.29 is 9.90 Å². The summed E-state index contributed by atoms with van der Waals surface area (Å²) >= 11 is 0. The van der Waals surface area contributed by atoms with E-state index >= 15 is 0 Å². The Morgan fingerprint density at radius 2 is 2.12 bits per heavy atom. The van der Waals surface area contributed by atoms with Crippen LogP contribution in [0, 0.1) is 12.8 Å². The van der Waals surface area contributed by atoms with Gasteiger partial charge in [-0.15, -0.1) is 0 Å². The quantitative estimate of drug-likeness (QED) is 0.871. The highest BCUT2D eigenvalue weighted by atomic mass is 16.4. The minimum atomic E-state index is -0.996. The molecule has 6 heteroatoms. The molecule has 1 N–H and O–H groups in total. The zero-order valence-corrected chi connectivity index (χ0v) is 10.4. The molecular formula is C11H16N4O2. The molecule has 0 atom stereocenters. The average molecular weight is 236 g/mol. The van der Waals surface area contributed by atoms with Gasteiger partial charge in [0.2, 0.25) is 5.78 Å². The Bertz CT molecular complexity index is 580. The molecule has 0 aliphatic heterocycles. The summed E-state index contributed by atoms with van der Waals surface area (Å²) in [6.07, 6.45) is 0.804. The maximum Gasteiger partial charge on any atom is 0.356 e. The minimum Gasteiger partial charge on any atom is -0.476 e. The van der Waals surface area contributed by atoms with E-state index in [0.717, 1.165) is 12.2 Å². The average Bonchev–Trinajstić information content (AvgIpc) is 2.64. The van der Waals surface area contributed by atoms with Gasteiger partial charge in [-0.1, -0.05) is 13.8 Å².